The molecule has 5 nitrogen and oxygen atoms in total. The van der Waals surface area contributed by atoms with Gasteiger partial charge in [-0.05, 0) is 6.92 Å². The van der Waals surface area contributed by atoms with Crippen LogP contribution in [0.4, 0.5) is 0 Å². The molecular formula is C9H18N4O. The molecule has 0 radical (unpaired) electrons. The van der Waals surface area contributed by atoms with E-state index in [4.69, 9.17) is 0 Å². The van der Waals surface area contributed by atoms with Crippen molar-refractivity contribution in [3.05, 3.63) is 11.9 Å². The Labute approximate surface area is 84.5 Å². The van der Waals surface area contributed by atoms with Gasteiger partial charge in [-0.15, -0.1) is 5.10 Å². The lowest BCUT2D eigenvalue weighted by atomic mass is 10.3. The summed E-state index contributed by atoms with van der Waals surface area (Å²) in [5, 5.41) is 10.2. The van der Waals surface area contributed by atoms with E-state index in [-0.39, 0.29) is 5.91 Å². The number of aryl methyl sites for hydroxylation is 1. The number of likely N-dealkylation sites (N-methyl/N-ethyl adjacent to an activating group) is 1. The van der Waals surface area contributed by atoms with Gasteiger partial charge in [0.25, 0.3) is 0 Å². The molecule has 0 unspecified atom stereocenters. The van der Waals surface area contributed by atoms with E-state index in [9.17, 15) is 4.79 Å². The van der Waals surface area contributed by atoms with Crippen LogP contribution in [0.25, 0.3) is 0 Å². The summed E-state index contributed by atoms with van der Waals surface area (Å²) < 4.78 is 1.69. The molecule has 0 atom stereocenters. The second-order valence-corrected chi connectivity index (χ2v) is 2.42. The van der Waals surface area contributed by atoms with Crippen molar-refractivity contribution in [2.24, 2.45) is 0 Å². The lowest BCUT2D eigenvalue weighted by Crippen LogP contribution is -2.20. The van der Waals surface area contributed by atoms with E-state index >= 15 is 0 Å². The van der Waals surface area contributed by atoms with Crippen molar-refractivity contribution >= 4 is 5.91 Å². The standard InChI is InChI=1S/C7H12N4O.C2H6/c1-3-11-5-6(9-10-11)4-7(12)8-2;1-2/h5H,3-4H2,1-2H3,(H,8,12);1-2H3. The highest BCUT2D eigenvalue weighted by molar-refractivity contribution is 5.77. The van der Waals surface area contributed by atoms with Crippen LogP contribution in [0.2, 0.25) is 0 Å². The zero-order valence-corrected chi connectivity index (χ0v) is 9.24. The predicted octanol–water partition coefficient (Wildman–Crippen LogP) is 0.613. The Balaban J connectivity index is 0.000000791. The smallest absolute Gasteiger partial charge is 0.225 e. The molecule has 0 aliphatic heterocycles. The van der Waals surface area contributed by atoms with Crippen molar-refractivity contribution < 1.29 is 4.79 Å². The van der Waals surface area contributed by atoms with E-state index in [1.807, 2.05) is 20.8 Å². The Morgan fingerprint density at radius 2 is 2.21 bits per heavy atom. The molecule has 5 heteroatoms. The summed E-state index contributed by atoms with van der Waals surface area (Å²) in [7, 11) is 1.60. The zero-order chi connectivity index (χ0) is 11.0. The van der Waals surface area contributed by atoms with E-state index < -0.39 is 0 Å². The normalized spacial score (nSPS) is 8.86. The number of nitrogens with zero attached hydrogens (tertiary/aromatic N) is 3. The predicted molar refractivity (Wildman–Crippen MR) is 54.8 cm³/mol. The van der Waals surface area contributed by atoms with Gasteiger partial charge in [0.05, 0.1) is 12.1 Å². The Bertz CT molecular complexity index is 270. The summed E-state index contributed by atoms with van der Waals surface area (Å²) in [6.07, 6.45) is 2.08. The van der Waals surface area contributed by atoms with Crippen LogP contribution in [-0.4, -0.2) is 27.9 Å². The number of rotatable bonds is 3. The van der Waals surface area contributed by atoms with Crippen molar-refractivity contribution in [1.82, 2.24) is 20.3 Å². The molecule has 0 aromatic carbocycles. The summed E-state index contributed by atoms with van der Waals surface area (Å²) >= 11 is 0. The van der Waals surface area contributed by atoms with Gasteiger partial charge in [0.2, 0.25) is 5.91 Å². The summed E-state index contributed by atoms with van der Waals surface area (Å²) in [6.45, 7) is 6.75. The van der Waals surface area contributed by atoms with Gasteiger partial charge in [0, 0.05) is 19.8 Å². The van der Waals surface area contributed by atoms with E-state index in [0.29, 0.717) is 12.1 Å². The van der Waals surface area contributed by atoms with Gasteiger partial charge in [-0.3, -0.25) is 9.48 Å². The molecule has 0 aliphatic carbocycles. The quantitative estimate of drug-likeness (QED) is 0.774. The Hall–Kier alpha value is -1.39. The van der Waals surface area contributed by atoms with Gasteiger partial charge in [-0.1, -0.05) is 19.1 Å². The molecule has 1 rings (SSSR count). The fourth-order valence-corrected chi connectivity index (χ4v) is 0.827. The summed E-state index contributed by atoms with van der Waals surface area (Å²) in [4.78, 5) is 10.9. The molecular weight excluding hydrogens is 180 g/mol. The molecule has 1 heterocycles. The first-order valence-corrected chi connectivity index (χ1v) is 4.86. The fraction of sp³-hybridized carbons (Fsp3) is 0.667. The summed E-state index contributed by atoms with van der Waals surface area (Å²) in [6, 6.07) is 0. The molecule has 0 bridgehead atoms. The number of amides is 1. The van der Waals surface area contributed by atoms with E-state index in [2.05, 4.69) is 15.6 Å². The number of carbonyl (C=O) groups excluding carboxylic acids is 1. The van der Waals surface area contributed by atoms with Crippen LogP contribution in [-0.2, 0) is 17.8 Å². The van der Waals surface area contributed by atoms with E-state index in [1.54, 1.807) is 17.9 Å². The van der Waals surface area contributed by atoms with Crippen LogP contribution >= 0.6 is 0 Å². The number of nitrogens with one attached hydrogen (secondary N) is 1. The highest BCUT2D eigenvalue weighted by atomic mass is 16.1. The molecule has 1 aromatic rings. The van der Waals surface area contributed by atoms with Gasteiger partial charge in [0.15, 0.2) is 0 Å². The van der Waals surface area contributed by atoms with Gasteiger partial charge >= 0.3 is 0 Å². The van der Waals surface area contributed by atoms with Crippen LogP contribution in [0.3, 0.4) is 0 Å². The first kappa shape index (κ1) is 12.6. The van der Waals surface area contributed by atoms with E-state index in [1.165, 1.54) is 0 Å². The molecule has 0 saturated carbocycles. The van der Waals surface area contributed by atoms with Gasteiger partial charge in [-0.2, -0.15) is 0 Å². The second kappa shape index (κ2) is 7.06. The topological polar surface area (TPSA) is 59.8 Å². The molecule has 80 valence electrons. The van der Waals surface area contributed by atoms with Crippen LogP contribution in [0, 0.1) is 0 Å². The van der Waals surface area contributed by atoms with Crippen molar-refractivity contribution in [2.75, 3.05) is 7.05 Å². The van der Waals surface area contributed by atoms with Crippen LogP contribution in [0.1, 0.15) is 26.5 Å². The minimum Gasteiger partial charge on any atom is -0.359 e. The lowest BCUT2D eigenvalue weighted by Gasteiger charge is -1.93. The molecule has 1 aromatic heterocycles. The van der Waals surface area contributed by atoms with Gasteiger partial charge < -0.3 is 5.32 Å². The average Bonchev–Trinajstić information content (AvgIpc) is 2.68. The number of hydrogen-bond donors (Lipinski definition) is 1. The fourth-order valence-electron chi connectivity index (χ4n) is 0.827. The molecule has 1 amide bonds. The van der Waals surface area contributed by atoms with Gasteiger partial charge in [0.1, 0.15) is 0 Å². The molecule has 0 aliphatic rings. The first-order valence-electron chi connectivity index (χ1n) is 4.86. The SMILES string of the molecule is CC.CCn1cc(CC(=O)NC)nn1. The molecule has 0 fully saturated rings. The molecule has 0 spiro atoms. The van der Waals surface area contributed by atoms with Crippen LogP contribution in [0.15, 0.2) is 6.20 Å². The van der Waals surface area contributed by atoms with Crippen molar-refractivity contribution in [1.29, 1.82) is 0 Å². The largest absolute Gasteiger partial charge is 0.359 e. The molecule has 0 saturated heterocycles. The maximum Gasteiger partial charge on any atom is 0.225 e. The van der Waals surface area contributed by atoms with E-state index in [0.717, 1.165) is 6.54 Å². The lowest BCUT2D eigenvalue weighted by molar-refractivity contribution is -0.120. The molecule has 14 heavy (non-hydrogen) atoms. The average molecular weight is 198 g/mol. The molecule has 1 N–H and O–H groups in total. The van der Waals surface area contributed by atoms with Crippen molar-refractivity contribution in [2.45, 2.75) is 33.7 Å². The third-order valence-electron chi connectivity index (χ3n) is 1.53. The van der Waals surface area contributed by atoms with Gasteiger partial charge in [-0.25, -0.2) is 0 Å². The Morgan fingerprint density at radius 3 is 2.64 bits per heavy atom. The van der Waals surface area contributed by atoms with Crippen molar-refractivity contribution in [3.63, 3.8) is 0 Å². The van der Waals surface area contributed by atoms with Crippen LogP contribution in [0.5, 0.6) is 0 Å². The Kier molecular flexibility index (Phi) is 6.36. The monoisotopic (exact) mass is 198 g/mol. The minimum atomic E-state index is -0.0434. The zero-order valence-electron chi connectivity index (χ0n) is 9.24. The minimum absolute atomic E-state index is 0.0434. The second-order valence-electron chi connectivity index (χ2n) is 2.42. The summed E-state index contributed by atoms with van der Waals surface area (Å²) in [5.74, 6) is -0.0434. The highest BCUT2D eigenvalue weighted by Gasteiger charge is 2.04. The third kappa shape index (κ3) is 4.02. The van der Waals surface area contributed by atoms with Crippen molar-refractivity contribution in [3.8, 4) is 0 Å². The maximum absolute atomic E-state index is 10.9. The number of hydrogen-bond acceptors (Lipinski definition) is 3. The number of carbonyl (C=O) groups is 1. The highest BCUT2D eigenvalue weighted by Crippen LogP contribution is 1.93. The Morgan fingerprint density at radius 1 is 1.57 bits per heavy atom. The maximum atomic E-state index is 10.9. The summed E-state index contributed by atoms with van der Waals surface area (Å²) in [5.41, 5.74) is 0.705. The first-order chi connectivity index (χ1) is 6.76. The van der Waals surface area contributed by atoms with Crippen LogP contribution < -0.4 is 5.32 Å². The third-order valence-corrected chi connectivity index (χ3v) is 1.53. The number of aromatic nitrogens is 3.